The number of ether oxygens (including phenoxy) is 1. The number of nitrogens with two attached hydrogens (primary N) is 1. The first-order valence-corrected chi connectivity index (χ1v) is 6.15. The van der Waals surface area contributed by atoms with Crippen LogP contribution in [0.1, 0.15) is 6.42 Å². The third-order valence-corrected chi connectivity index (χ3v) is 3.34. The van der Waals surface area contributed by atoms with Crippen LogP contribution in [-0.4, -0.2) is 80.1 Å². The van der Waals surface area contributed by atoms with Gasteiger partial charge < -0.3 is 36.0 Å². The first-order chi connectivity index (χ1) is 10.2. The maximum atomic E-state index is 12.2. The van der Waals surface area contributed by atoms with E-state index in [1.165, 1.54) is 0 Å². The van der Waals surface area contributed by atoms with Crippen molar-refractivity contribution >= 4 is 11.8 Å². The van der Waals surface area contributed by atoms with Gasteiger partial charge in [0, 0.05) is 6.42 Å². The van der Waals surface area contributed by atoms with E-state index >= 15 is 0 Å². The van der Waals surface area contributed by atoms with E-state index in [9.17, 15) is 29.8 Å². The van der Waals surface area contributed by atoms with Crippen LogP contribution in [0, 0.1) is 4.91 Å². The highest BCUT2D eigenvalue weighted by Gasteiger charge is 2.58. The largest absolute Gasteiger partial charge is 0.480 e. The predicted octanol–water partition coefficient (Wildman–Crippen LogP) is -4.20. The lowest BCUT2D eigenvalue weighted by Gasteiger charge is -2.46. The van der Waals surface area contributed by atoms with E-state index in [4.69, 9.17) is 20.7 Å². The second-order valence-electron chi connectivity index (χ2n) is 4.78. The van der Waals surface area contributed by atoms with Crippen LogP contribution >= 0.6 is 0 Å². The second kappa shape index (κ2) is 7.04. The molecule has 22 heavy (non-hydrogen) atoms. The summed E-state index contributed by atoms with van der Waals surface area (Å²) in [7, 11) is 0. The van der Waals surface area contributed by atoms with Gasteiger partial charge in [-0.3, -0.25) is 9.59 Å². The second-order valence-corrected chi connectivity index (χ2v) is 4.78. The van der Waals surface area contributed by atoms with Gasteiger partial charge in [-0.25, -0.2) is 5.43 Å². The van der Waals surface area contributed by atoms with Gasteiger partial charge in [-0.2, -0.15) is 0 Å². The molecule has 0 aliphatic carbocycles. The fourth-order valence-corrected chi connectivity index (χ4v) is 2.06. The molecular formula is C10H17N3O9. The zero-order valence-electron chi connectivity index (χ0n) is 11.2. The van der Waals surface area contributed by atoms with E-state index in [0.29, 0.717) is 0 Å². The number of hydrogen-bond acceptors (Lipinski definition) is 10. The van der Waals surface area contributed by atoms with Crippen molar-refractivity contribution in [2.75, 3.05) is 6.61 Å². The molecule has 0 bridgehead atoms. The number of aliphatic carboxylic acids is 1. The molecule has 12 heteroatoms. The normalized spacial score (nSPS) is 36.4. The summed E-state index contributed by atoms with van der Waals surface area (Å²) in [6.07, 6.45) is -8.27. The Morgan fingerprint density at radius 1 is 1.32 bits per heavy atom. The number of Topliss-reactive ketones (excluding diaryl/α,β-unsaturated/α-hetero) is 1. The molecule has 0 radical (unpaired) electrons. The quantitative estimate of drug-likeness (QED) is 0.176. The standard InChI is InChI=1S/C10H17N3O9/c11-3(9(19)20)1-5(15)10(12-13-21)8(18)7(17)6(16)4(2-14)22-10/h3-4,6-8,14,16-18H,1-2,11H2,(H,12,21)(H,19,20)/t3-,4+,6+,7-,8+,10?/m0/s1. The number of aliphatic hydroxyl groups is 4. The van der Waals surface area contributed by atoms with E-state index in [2.05, 4.69) is 5.29 Å². The van der Waals surface area contributed by atoms with Gasteiger partial charge in [-0.1, -0.05) is 0 Å². The van der Waals surface area contributed by atoms with Gasteiger partial charge >= 0.3 is 5.97 Å². The minimum atomic E-state index is -2.64. The number of ketones is 1. The highest BCUT2D eigenvalue weighted by atomic mass is 16.6. The number of carbonyl (C=O) groups excluding carboxylic acids is 1. The highest BCUT2D eigenvalue weighted by molar-refractivity contribution is 5.92. The van der Waals surface area contributed by atoms with E-state index in [1.54, 1.807) is 5.43 Å². The maximum Gasteiger partial charge on any atom is 0.320 e. The lowest BCUT2D eigenvalue weighted by molar-refractivity contribution is -0.274. The first-order valence-electron chi connectivity index (χ1n) is 6.15. The van der Waals surface area contributed by atoms with Crippen molar-refractivity contribution in [1.82, 2.24) is 5.43 Å². The van der Waals surface area contributed by atoms with Crippen molar-refractivity contribution in [2.45, 2.75) is 42.6 Å². The molecule has 1 aliphatic rings. The summed E-state index contributed by atoms with van der Waals surface area (Å²) in [5, 5.41) is 49.2. The average Bonchev–Trinajstić information content (AvgIpc) is 2.47. The summed E-state index contributed by atoms with van der Waals surface area (Å²) in [6.45, 7) is -0.856. The van der Waals surface area contributed by atoms with Crippen molar-refractivity contribution in [3.8, 4) is 0 Å². The molecule has 0 aromatic heterocycles. The number of nitrogens with zero attached hydrogens (tertiary/aromatic N) is 1. The Hall–Kier alpha value is -1.70. The van der Waals surface area contributed by atoms with Crippen LogP contribution in [0.15, 0.2) is 5.29 Å². The lowest BCUT2D eigenvalue weighted by Crippen LogP contribution is -2.73. The van der Waals surface area contributed by atoms with Gasteiger partial charge in [0.1, 0.15) is 30.5 Å². The molecule has 1 rings (SSSR count). The molecule has 0 aromatic carbocycles. The maximum absolute atomic E-state index is 12.2. The molecular weight excluding hydrogens is 306 g/mol. The van der Waals surface area contributed by atoms with Gasteiger partial charge in [0.2, 0.25) is 5.72 Å². The molecule has 1 fully saturated rings. The number of aliphatic hydroxyl groups excluding tert-OH is 4. The molecule has 0 aromatic rings. The minimum Gasteiger partial charge on any atom is -0.480 e. The zero-order chi connectivity index (χ0) is 17.1. The number of rotatable bonds is 7. The van der Waals surface area contributed by atoms with Crippen LogP contribution < -0.4 is 11.2 Å². The molecule has 0 saturated carbocycles. The summed E-state index contributed by atoms with van der Waals surface area (Å²) in [6, 6.07) is -1.66. The van der Waals surface area contributed by atoms with Gasteiger partial charge in [-0.05, 0) is 0 Å². The molecule has 1 unspecified atom stereocenters. The van der Waals surface area contributed by atoms with Crippen LogP contribution in [0.5, 0.6) is 0 Å². The van der Waals surface area contributed by atoms with E-state index < -0.39 is 61.0 Å². The monoisotopic (exact) mass is 323 g/mol. The summed E-state index contributed by atoms with van der Waals surface area (Å²) in [4.78, 5) is 33.3. The van der Waals surface area contributed by atoms with Crippen molar-refractivity contribution in [2.24, 2.45) is 11.0 Å². The molecule has 1 saturated heterocycles. The van der Waals surface area contributed by atoms with E-state index in [0.717, 1.165) is 0 Å². The molecule has 0 amide bonds. The molecule has 12 nitrogen and oxygen atoms in total. The Morgan fingerprint density at radius 2 is 1.91 bits per heavy atom. The molecule has 1 aliphatic heterocycles. The number of nitrogens with one attached hydrogen (secondary N) is 1. The Bertz CT molecular complexity index is 445. The van der Waals surface area contributed by atoms with Crippen LogP contribution in [-0.2, 0) is 14.3 Å². The smallest absolute Gasteiger partial charge is 0.320 e. The zero-order valence-corrected chi connectivity index (χ0v) is 11.2. The third-order valence-electron chi connectivity index (χ3n) is 3.34. The van der Waals surface area contributed by atoms with Gasteiger partial charge in [0.15, 0.2) is 5.78 Å². The summed E-state index contributed by atoms with van der Waals surface area (Å²) in [5.41, 5.74) is 4.18. The highest BCUT2D eigenvalue weighted by Crippen LogP contribution is 2.30. The Kier molecular flexibility index (Phi) is 5.87. The van der Waals surface area contributed by atoms with Gasteiger partial charge in [-0.15, -0.1) is 4.91 Å². The van der Waals surface area contributed by atoms with Crippen LogP contribution in [0.2, 0.25) is 0 Å². The molecule has 6 atom stereocenters. The lowest BCUT2D eigenvalue weighted by atomic mass is 9.86. The van der Waals surface area contributed by atoms with Gasteiger partial charge in [0.25, 0.3) is 0 Å². The fraction of sp³-hybridized carbons (Fsp3) is 0.800. The molecule has 1 heterocycles. The minimum absolute atomic E-state index is 0.856. The van der Waals surface area contributed by atoms with Crippen LogP contribution in [0.3, 0.4) is 0 Å². The fourth-order valence-electron chi connectivity index (χ4n) is 2.06. The molecule has 8 N–H and O–H groups in total. The topological polar surface area (TPSA) is 212 Å². The van der Waals surface area contributed by atoms with Crippen molar-refractivity contribution in [3.05, 3.63) is 4.91 Å². The van der Waals surface area contributed by atoms with Crippen LogP contribution in [0.4, 0.5) is 0 Å². The van der Waals surface area contributed by atoms with E-state index in [-0.39, 0.29) is 0 Å². The number of carboxylic acid groups (broad SMARTS) is 1. The average molecular weight is 323 g/mol. The Labute approximate surface area is 123 Å². The first kappa shape index (κ1) is 18.3. The van der Waals surface area contributed by atoms with E-state index in [1.807, 2.05) is 0 Å². The number of carboxylic acids is 1. The summed E-state index contributed by atoms with van der Waals surface area (Å²) in [5.74, 6) is -2.72. The number of hydrogen-bond donors (Lipinski definition) is 7. The Balaban J connectivity index is 3.14. The summed E-state index contributed by atoms with van der Waals surface area (Å²) >= 11 is 0. The Morgan fingerprint density at radius 3 is 2.36 bits per heavy atom. The molecule has 0 spiro atoms. The van der Waals surface area contributed by atoms with Crippen LogP contribution in [0.25, 0.3) is 0 Å². The van der Waals surface area contributed by atoms with Crippen molar-refractivity contribution < 1.29 is 39.9 Å². The third kappa shape index (κ3) is 3.21. The predicted molar refractivity (Wildman–Crippen MR) is 66.9 cm³/mol. The van der Waals surface area contributed by atoms with Gasteiger partial charge in [0.05, 0.1) is 11.9 Å². The number of nitroso groups, excluding NO2 is 1. The van der Waals surface area contributed by atoms with Crippen molar-refractivity contribution in [3.63, 3.8) is 0 Å². The number of carbonyl (C=O) groups is 2. The van der Waals surface area contributed by atoms with Crippen molar-refractivity contribution in [1.29, 1.82) is 0 Å². The molecule has 126 valence electrons. The summed E-state index contributed by atoms with van der Waals surface area (Å²) < 4.78 is 4.99. The SMILES string of the molecule is N[C@@H](CC(=O)C1(NN=O)O[C@H](CO)[C@@H](O)[C@H](O)[C@H]1O)C(=O)O.